The van der Waals surface area contributed by atoms with Crippen molar-refractivity contribution in [2.24, 2.45) is 0 Å². The van der Waals surface area contributed by atoms with E-state index in [0.29, 0.717) is 12.6 Å². The number of likely N-dealkylation sites (tertiary alicyclic amines) is 1. The Balaban J connectivity index is 0.00000139. The lowest BCUT2D eigenvalue weighted by atomic mass is 10.0. The Kier molecular flexibility index (Phi) is 9.71. The fourth-order valence-electron chi connectivity index (χ4n) is 3.38. The van der Waals surface area contributed by atoms with Gasteiger partial charge in [-0.05, 0) is 32.4 Å². The van der Waals surface area contributed by atoms with Crippen LogP contribution in [-0.2, 0) is 9.53 Å². The number of nitrogens with zero attached hydrogens (tertiary/aromatic N) is 3. The van der Waals surface area contributed by atoms with Gasteiger partial charge in [-0.25, -0.2) is 4.79 Å². The molecule has 7 nitrogen and oxygen atoms in total. The second kappa shape index (κ2) is 11.3. The molecule has 0 bridgehead atoms. The minimum absolute atomic E-state index is 0.220. The molecule has 24 heavy (non-hydrogen) atoms. The van der Waals surface area contributed by atoms with Gasteiger partial charge in [-0.2, -0.15) is 0 Å². The first-order chi connectivity index (χ1) is 11.6. The van der Waals surface area contributed by atoms with E-state index in [1.54, 1.807) is 4.90 Å². The molecule has 140 valence electrons. The molecule has 2 saturated heterocycles. The zero-order chi connectivity index (χ0) is 17.9. The average Bonchev–Trinajstić information content (AvgIpc) is 2.87. The first-order valence-corrected chi connectivity index (χ1v) is 9.11. The molecule has 2 aliphatic heterocycles. The number of hydrogen-bond acceptors (Lipinski definition) is 5. The molecule has 0 radical (unpaired) electrons. The van der Waals surface area contributed by atoms with Crippen LogP contribution < -0.4 is 0 Å². The summed E-state index contributed by atoms with van der Waals surface area (Å²) in [6.45, 7) is 10.1. The number of methoxy groups -OCH3 is 1. The first kappa shape index (κ1) is 20.7. The summed E-state index contributed by atoms with van der Waals surface area (Å²) in [6, 6.07) is 0.528. The van der Waals surface area contributed by atoms with Gasteiger partial charge in [0.05, 0.1) is 13.5 Å². The van der Waals surface area contributed by atoms with Crippen LogP contribution in [0.2, 0.25) is 0 Å². The summed E-state index contributed by atoms with van der Waals surface area (Å²) in [4.78, 5) is 28.7. The van der Waals surface area contributed by atoms with Gasteiger partial charge in [0.2, 0.25) is 0 Å². The van der Waals surface area contributed by atoms with Crippen molar-refractivity contribution >= 4 is 12.1 Å². The van der Waals surface area contributed by atoms with Gasteiger partial charge in [-0.1, -0.05) is 13.8 Å². The molecule has 0 spiro atoms. The topological polar surface area (TPSA) is 73.3 Å². The van der Waals surface area contributed by atoms with E-state index in [4.69, 9.17) is 9.84 Å². The molecule has 2 fully saturated rings. The number of carbonyl (C=O) groups is 2. The van der Waals surface area contributed by atoms with Crippen molar-refractivity contribution in [1.29, 1.82) is 0 Å². The van der Waals surface area contributed by atoms with Crippen molar-refractivity contribution in [3.63, 3.8) is 0 Å². The van der Waals surface area contributed by atoms with Crippen LogP contribution in [0.5, 0.6) is 0 Å². The summed E-state index contributed by atoms with van der Waals surface area (Å²) in [6.07, 6.45) is 3.05. The standard InChI is InChI=1S/C15H27N3O4.C2H6/c1-22-15(21)18-9-3-13(4-10-18)17-7-2-6-16(11-12-17)8-5-14(19)20;1-2/h13H,2-12H2,1H3,(H,19,20);1-2H3. The van der Waals surface area contributed by atoms with E-state index in [1.807, 2.05) is 13.8 Å². The largest absolute Gasteiger partial charge is 0.481 e. The number of hydrogen-bond donors (Lipinski definition) is 1. The lowest BCUT2D eigenvalue weighted by Gasteiger charge is -2.37. The van der Waals surface area contributed by atoms with Gasteiger partial charge >= 0.3 is 12.1 Å². The van der Waals surface area contributed by atoms with E-state index < -0.39 is 5.97 Å². The van der Waals surface area contributed by atoms with Gasteiger partial charge < -0.3 is 19.6 Å². The van der Waals surface area contributed by atoms with Crippen LogP contribution in [-0.4, -0.2) is 90.8 Å². The molecule has 0 aromatic heterocycles. The SMILES string of the molecule is CC.COC(=O)N1CCC(N2CCCN(CCC(=O)O)CC2)CC1. The summed E-state index contributed by atoms with van der Waals surface area (Å²) in [5.74, 6) is -0.726. The van der Waals surface area contributed by atoms with Gasteiger partial charge in [0, 0.05) is 38.8 Å². The second-order valence-corrected chi connectivity index (χ2v) is 6.06. The number of ether oxygens (including phenoxy) is 1. The van der Waals surface area contributed by atoms with Crippen molar-refractivity contribution < 1.29 is 19.4 Å². The van der Waals surface area contributed by atoms with Gasteiger partial charge in [0.15, 0.2) is 0 Å². The fraction of sp³-hybridized carbons (Fsp3) is 0.882. The van der Waals surface area contributed by atoms with Crippen molar-refractivity contribution in [2.45, 2.75) is 45.6 Å². The van der Waals surface area contributed by atoms with Crippen molar-refractivity contribution in [2.75, 3.05) is 52.9 Å². The summed E-state index contributed by atoms with van der Waals surface area (Å²) < 4.78 is 4.77. The predicted octanol–water partition coefficient (Wildman–Crippen LogP) is 1.73. The normalized spacial score (nSPS) is 20.7. The molecular formula is C17H33N3O4. The Morgan fingerprint density at radius 2 is 1.71 bits per heavy atom. The highest BCUT2D eigenvalue weighted by molar-refractivity contribution is 5.67. The van der Waals surface area contributed by atoms with Crippen LogP contribution >= 0.6 is 0 Å². The molecule has 1 amide bonds. The molecule has 2 aliphatic rings. The molecule has 0 aromatic rings. The maximum Gasteiger partial charge on any atom is 0.409 e. The molecule has 0 atom stereocenters. The Morgan fingerprint density at radius 1 is 1.04 bits per heavy atom. The molecule has 2 rings (SSSR count). The summed E-state index contributed by atoms with van der Waals surface area (Å²) >= 11 is 0. The monoisotopic (exact) mass is 343 g/mol. The number of piperidine rings is 1. The number of carboxylic acids is 1. The number of carbonyl (C=O) groups excluding carboxylic acids is 1. The molecule has 0 aromatic carbocycles. The quantitative estimate of drug-likeness (QED) is 0.838. The molecule has 0 unspecified atom stereocenters. The van der Waals surface area contributed by atoms with Crippen LogP contribution in [0.4, 0.5) is 4.79 Å². The van der Waals surface area contributed by atoms with Gasteiger partial charge in [-0.3, -0.25) is 9.69 Å². The summed E-state index contributed by atoms with van der Waals surface area (Å²) in [5.41, 5.74) is 0. The van der Waals surface area contributed by atoms with Gasteiger partial charge in [-0.15, -0.1) is 0 Å². The van der Waals surface area contributed by atoms with E-state index in [-0.39, 0.29) is 12.5 Å². The van der Waals surface area contributed by atoms with Crippen LogP contribution in [0, 0.1) is 0 Å². The number of rotatable bonds is 4. The zero-order valence-corrected chi connectivity index (χ0v) is 15.4. The predicted molar refractivity (Wildman–Crippen MR) is 93.2 cm³/mol. The Hall–Kier alpha value is -1.34. The van der Waals surface area contributed by atoms with E-state index >= 15 is 0 Å². The van der Waals surface area contributed by atoms with Gasteiger partial charge in [0.1, 0.15) is 0 Å². The Labute approximate surface area is 145 Å². The number of amides is 1. The minimum atomic E-state index is -0.726. The molecule has 7 heteroatoms. The molecule has 0 saturated carbocycles. The van der Waals surface area contributed by atoms with Crippen LogP contribution in [0.25, 0.3) is 0 Å². The zero-order valence-electron chi connectivity index (χ0n) is 15.4. The third kappa shape index (κ3) is 6.65. The molecule has 2 heterocycles. The van der Waals surface area contributed by atoms with E-state index in [9.17, 15) is 9.59 Å². The molecule has 0 aliphatic carbocycles. The van der Waals surface area contributed by atoms with Crippen molar-refractivity contribution in [1.82, 2.24) is 14.7 Å². The van der Waals surface area contributed by atoms with Gasteiger partial charge in [0.25, 0.3) is 0 Å². The van der Waals surface area contributed by atoms with E-state index in [0.717, 1.165) is 58.5 Å². The van der Waals surface area contributed by atoms with E-state index in [1.165, 1.54) is 7.11 Å². The van der Waals surface area contributed by atoms with Crippen molar-refractivity contribution in [3.05, 3.63) is 0 Å². The third-order valence-corrected chi connectivity index (χ3v) is 4.68. The highest BCUT2D eigenvalue weighted by atomic mass is 16.5. The summed E-state index contributed by atoms with van der Waals surface area (Å²) in [7, 11) is 1.43. The fourth-order valence-corrected chi connectivity index (χ4v) is 3.38. The maximum atomic E-state index is 11.5. The lowest BCUT2D eigenvalue weighted by Crippen LogP contribution is -2.47. The Morgan fingerprint density at radius 3 is 2.29 bits per heavy atom. The minimum Gasteiger partial charge on any atom is -0.481 e. The smallest absolute Gasteiger partial charge is 0.409 e. The molecule has 1 N–H and O–H groups in total. The second-order valence-electron chi connectivity index (χ2n) is 6.06. The number of aliphatic carboxylic acids is 1. The highest BCUT2D eigenvalue weighted by Gasteiger charge is 2.28. The Bertz CT molecular complexity index is 384. The van der Waals surface area contributed by atoms with Crippen LogP contribution in [0.15, 0.2) is 0 Å². The summed E-state index contributed by atoms with van der Waals surface area (Å²) in [5, 5.41) is 8.78. The maximum absolute atomic E-state index is 11.5. The van der Waals surface area contributed by atoms with Crippen LogP contribution in [0.3, 0.4) is 0 Å². The highest BCUT2D eigenvalue weighted by Crippen LogP contribution is 2.19. The van der Waals surface area contributed by atoms with E-state index in [2.05, 4.69) is 9.80 Å². The average molecular weight is 343 g/mol. The first-order valence-electron chi connectivity index (χ1n) is 9.11. The lowest BCUT2D eigenvalue weighted by molar-refractivity contribution is -0.137. The number of carboxylic acid groups (broad SMARTS) is 1. The third-order valence-electron chi connectivity index (χ3n) is 4.68. The van der Waals surface area contributed by atoms with Crippen LogP contribution in [0.1, 0.15) is 39.5 Å². The molecular weight excluding hydrogens is 310 g/mol. The van der Waals surface area contributed by atoms with Crippen molar-refractivity contribution in [3.8, 4) is 0 Å².